The van der Waals surface area contributed by atoms with Crippen LogP contribution in [0.2, 0.25) is 0 Å². The zero-order chi connectivity index (χ0) is 11.8. The molecule has 0 aromatic carbocycles. The van der Waals surface area contributed by atoms with Crippen LogP contribution in [0, 0.1) is 0 Å². The Balaban J connectivity index is 2.44. The fraction of sp³-hybridized carbons (Fsp3) is 0.250. The van der Waals surface area contributed by atoms with Crippen LogP contribution in [0.25, 0.3) is 11.6 Å². The van der Waals surface area contributed by atoms with Gasteiger partial charge in [-0.1, -0.05) is 10.8 Å². The van der Waals surface area contributed by atoms with Crippen LogP contribution < -0.4 is 5.73 Å². The molecule has 2 rings (SSSR count). The van der Waals surface area contributed by atoms with Crippen molar-refractivity contribution in [2.24, 2.45) is 0 Å². The molecule has 2 heterocycles. The molecule has 0 saturated heterocycles. The first-order valence-electron chi connectivity index (χ1n) is 4.57. The summed E-state index contributed by atoms with van der Waals surface area (Å²) in [6, 6.07) is 3.35. The maximum absolute atomic E-state index is 9.67. The minimum Gasteiger partial charge on any atom is -0.461 e. The average Bonchev–Trinajstić information content (AvgIpc) is 2.85. The minimum absolute atomic E-state index is 0.0479. The molecule has 0 atom stereocenters. The van der Waals surface area contributed by atoms with Gasteiger partial charge < -0.3 is 10.2 Å². The molecule has 2 aromatic heterocycles. The lowest BCUT2D eigenvalue weighted by Crippen LogP contribution is -2.15. The van der Waals surface area contributed by atoms with Crippen molar-refractivity contribution in [3.05, 3.63) is 18.4 Å². The van der Waals surface area contributed by atoms with Crippen molar-refractivity contribution >= 4 is 16.7 Å². The average molecular weight is 244 g/mol. The molecule has 0 amide bonds. The number of hydrogen-bond donors (Lipinski definition) is 3. The fourth-order valence-corrected chi connectivity index (χ4v) is 1.95. The predicted molar refractivity (Wildman–Crippen MR) is 60.9 cm³/mol. The third-order valence-electron chi connectivity index (χ3n) is 2.01. The summed E-state index contributed by atoms with van der Waals surface area (Å²) in [5, 5.41) is 3.92. The fourth-order valence-electron chi connectivity index (χ4n) is 1.16. The lowest BCUT2D eigenvalue weighted by atomic mass is 10.4. The number of nitrogen functional groups attached to an aromatic ring is 1. The molecule has 0 fully saturated rings. The molecule has 0 spiro atoms. The van der Waals surface area contributed by atoms with Gasteiger partial charge in [0.1, 0.15) is 0 Å². The third-order valence-corrected chi connectivity index (χ3v) is 3.61. The summed E-state index contributed by atoms with van der Waals surface area (Å²) in [4.78, 5) is 3.90. The standard InChI is InChI=1S/C8H12N4O3S/c1-2-16(13,14)12-8(9)10-7(11-12)6-4-3-5-15-6/h3-5,13-14H,2H2,1H3,(H2,9,10,11). The Bertz CT molecular complexity index is 479. The molecule has 0 aliphatic rings. The topological polar surface area (TPSA) is 110 Å². The highest BCUT2D eigenvalue weighted by atomic mass is 32.3. The van der Waals surface area contributed by atoms with E-state index in [1.807, 2.05) is 0 Å². The molecule has 0 bridgehead atoms. The van der Waals surface area contributed by atoms with E-state index < -0.39 is 10.8 Å². The number of anilines is 1. The molecular weight excluding hydrogens is 232 g/mol. The van der Waals surface area contributed by atoms with Crippen LogP contribution in [0.5, 0.6) is 0 Å². The first-order chi connectivity index (χ1) is 7.54. The van der Waals surface area contributed by atoms with E-state index in [1.165, 1.54) is 6.26 Å². The predicted octanol–water partition coefficient (Wildman–Crippen LogP) is 1.65. The summed E-state index contributed by atoms with van der Waals surface area (Å²) in [6.07, 6.45) is 1.48. The highest BCUT2D eigenvalue weighted by molar-refractivity contribution is 8.23. The highest BCUT2D eigenvalue weighted by Gasteiger charge is 2.20. The van der Waals surface area contributed by atoms with Crippen molar-refractivity contribution in [2.75, 3.05) is 11.5 Å². The Kier molecular flexibility index (Phi) is 2.62. The second-order valence-electron chi connectivity index (χ2n) is 3.06. The van der Waals surface area contributed by atoms with E-state index >= 15 is 0 Å². The number of hydrogen-bond acceptors (Lipinski definition) is 6. The van der Waals surface area contributed by atoms with Gasteiger partial charge in [0.2, 0.25) is 11.8 Å². The van der Waals surface area contributed by atoms with Gasteiger partial charge in [-0.3, -0.25) is 9.11 Å². The largest absolute Gasteiger partial charge is 0.461 e. The second kappa shape index (κ2) is 3.81. The molecule has 2 aromatic rings. The van der Waals surface area contributed by atoms with Crippen LogP contribution in [0.1, 0.15) is 6.92 Å². The van der Waals surface area contributed by atoms with E-state index in [-0.39, 0.29) is 17.5 Å². The van der Waals surface area contributed by atoms with Crippen LogP contribution in [-0.4, -0.2) is 29.0 Å². The molecule has 4 N–H and O–H groups in total. The van der Waals surface area contributed by atoms with Gasteiger partial charge >= 0.3 is 0 Å². The van der Waals surface area contributed by atoms with Crippen LogP contribution >= 0.6 is 10.8 Å². The van der Waals surface area contributed by atoms with Crippen LogP contribution in [-0.2, 0) is 0 Å². The Hall–Kier alpha value is -1.51. The highest BCUT2D eigenvalue weighted by Crippen LogP contribution is 2.41. The zero-order valence-corrected chi connectivity index (χ0v) is 9.39. The summed E-state index contributed by atoms with van der Waals surface area (Å²) in [7, 11) is -3.02. The Morgan fingerprint density at radius 2 is 2.31 bits per heavy atom. The number of rotatable bonds is 3. The Labute approximate surface area is 93.4 Å². The molecule has 88 valence electrons. The number of aromatic nitrogens is 3. The van der Waals surface area contributed by atoms with Crippen LogP contribution in [0.15, 0.2) is 22.8 Å². The lowest BCUT2D eigenvalue weighted by Gasteiger charge is -2.30. The first-order valence-corrected chi connectivity index (χ1v) is 6.24. The van der Waals surface area contributed by atoms with Crippen molar-refractivity contribution in [1.82, 2.24) is 14.2 Å². The van der Waals surface area contributed by atoms with Crippen molar-refractivity contribution in [2.45, 2.75) is 6.92 Å². The Morgan fingerprint density at radius 3 is 2.88 bits per heavy atom. The Morgan fingerprint density at radius 1 is 1.56 bits per heavy atom. The van der Waals surface area contributed by atoms with Crippen LogP contribution in [0.4, 0.5) is 5.95 Å². The van der Waals surface area contributed by atoms with E-state index in [1.54, 1.807) is 19.1 Å². The van der Waals surface area contributed by atoms with Crippen molar-refractivity contribution in [3.8, 4) is 11.6 Å². The maximum atomic E-state index is 9.67. The van der Waals surface area contributed by atoms with Crippen LogP contribution in [0.3, 0.4) is 0 Å². The van der Waals surface area contributed by atoms with Gasteiger partial charge in [0.05, 0.1) is 12.0 Å². The first kappa shape index (κ1) is 11.0. The van der Waals surface area contributed by atoms with Gasteiger partial charge in [-0.15, -0.1) is 9.19 Å². The third kappa shape index (κ3) is 1.77. The van der Waals surface area contributed by atoms with Crippen molar-refractivity contribution in [1.29, 1.82) is 0 Å². The molecule has 16 heavy (non-hydrogen) atoms. The lowest BCUT2D eigenvalue weighted by molar-refractivity contribution is 0.470. The molecule has 0 saturated carbocycles. The molecule has 0 unspecified atom stereocenters. The second-order valence-corrected chi connectivity index (χ2v) is 5.25. The zero-order valence-electron chi connectivity index (χ0n) is 8.57. The summed E-state index contributed by atoms with van der Waals surface area (Å²) in [5.74, 6) is 0.735. The van der Waals surface area contributed by atoms with Gasteiger partial charge in [0.25, 0.3) is 0 Å². The van der Waals surface area contributed by atoms with Gasteiger partial charge in [0, 0.05) is 0 Å². The van der Waals surface area contributed by atoms with Gasteiger partial charge in [-0.25, -0.2) is 0 Å². The number of nitrogens with zero attached hydrogens (tertiary/aromatic N) is 3. The van der Waals surface area contributed by atoms with Crippen molar-refractivity contribution < 1.29 is 13.5 Å². The number of nitrogens with two attached hydrogens (primary N) is 1. The van der Waals surface area contributed by atoms with E-state index in [2.05, 4.69) is 10.1 Å². The molecule has 7 nitrogen and oxygen atoms in total. The van der Waals surface area contributed by atoms with Gasteiger partial charge in [0.15, 0.2) is 5.76 Å². The molecular formula is C8H12N4O3S. The smallest absolute Gasteiger partial charge is 0.239 e. The molecule has 0 aliphatic heterocycles. The summed E-state index contributed by atoms with van der Waals surface area (Å²) in [5.41, 5.74) is 5.56. The quantitative estimate of drug-likeness (QED) is 0.757. The molecule has 0 radical (unpaired) electrons. The number of furan rings is 1. The molecule has 0 aliphatic carbocycles. The van der Waals surface area contributed by atoms with Gasteiger partial charge in [-0.2, -0.15) is 4.98 Å². The summed E-state index contributed by atoms with van der Waals surface area (Å²) < 4.78 is 25.4. The van der Waals surface area contributed by atoms with E-state index in [9.17, 15) is 9.11 Å². The SMILES string of the molecule is CCS(O)(O)n1nc(-c2ccco2)nc1N. The van der Waals surface area contributed by atoms with E-state index in [0.29, 0.717) is 5.76 Å². The van der Waals surface area contributed by atoms with E-state index in [0.717, 1.165) is 4.09 Å². The minimum atomic E-state index is -3.02. The van der Waals surface area contributed by atoms with Crippen molar-refractivity contribution in [3.63, 3.8) is 0 Å². The normalized spacial score (nSPS) is 12.9. The summed E-state index contributed by atoms with van der Waals surface area (Å²) in [6.45, 7) is 1.63. The molecule has 8 heteroatoms. The van der Waals surface area contributed by atoms with Gasteiger partial charge in [-0.05, 0) is 19.1 Å². The maximum Gasteiger partial charge on any atom is 0.239 e. The summed E-state index contributed by atoms with van der Waals surface area (Å²) >= 11 is 0. The van der Waals surface area contributed by atoms with E-state index in [4.69, 9.17) is 10.2 Å². The monoisotopic (exact) mass is 244 g/mol.